The number of nitrogens with zero attached hydrogens (tertiary/aromatic N) is 1. The Morgan fingerprint density at radius 2 is 1.94 bits per heavy atom. The smallest absolute Gasteiger partial charge is 0.107 e. The summed E-state index contributed by atoms with van der Waals surface area (Å²) in [5, 5.41) is 1.02. The highest BCUT2D eigenvalue weighted by Crippen LogP contribution is 2.28. The van der Waals surface area contributed by atoms with E-state index in [4.69, 9.17) is 5.73 Å². The summed E-state index contributed by atoms with van der Waals surface area (Å²) < 4.78 is 0. The summed E-state index contributed by atoms with van der Waals surface area (Å²) in [4.78, 5) is 5.92. The van der Waals surface area contributed by atoms with Crippen molar-refractivity contribution in [1.82, 2.24) is 4.98 Å². The molecule has 0 unspecified atom stereocenters. The molecule has 0 aliphatic heterocycles. The minimum absolute atomic E-state index is 0.531. The van der Waals surface area contributed by atoms with E-state index in [9.17, 15) is 0 Å². The summed E-state index contributed by atoms with van der Waals surface area (Å²) >= 11 is 1.72. The molecular formula is C13H16N2S. The van der Waals surface area contributed by atoms with Gasteiger partial charge in [-0.05, 0) is 13.3 Å². The van der Waals surface area contributed by atoms with Gasteiger partial charge >= 0.3 is 0 Å². The second kappa shape index (κ2) is 4.76. The Morgan fingerprint density at radius 1 is 1.25 bits per heavy atom. The Labute approximate surface area is 100 Å². The Hall–Kier alpha value is -1.19. The van der Waals surface area contributed by atoms with Crippen molar-refractivity contribution in [3.05, 3.63) is 39.7 Å². The van der Waals surface area contributed by atoms with Crippen molar-refractivity contribution in [2.24, 2.45) is 5.73 Å². The first-order valence-corrected chi connectivity index (χ1v) is 6.32. The van der Waals surface area contributed by atoms with Gasteiger partial charge in [0.2, 0.25) is 0 Å². The van der Waals surface area contributed by atoms with Crippen molar-refractivity contribution in [3.63, 3.8) is 0 Å². The average molecular weight is 232 g/mol. The van der Waals surface area contributed by atoms with Gasteiger partial charge in [-0.2, -0.15) is 0 Å². The largest absolute Gasteiger partial charge is 0.325 e. The van der Waals surface area contributed by atoms with Gasteiger partial charge in [0.25, 0.3) is 0 Å². The van der Waals surface area contributed by atoms with E-state index in [0.717, 1.165) is 17.1 Å². The topological polar surface area (TPSA) is 38.9 Å². The fourth-order valence-corrected chi connectivity index (χ4v) is 2.57. The third kappa shape index (κ3) is 2.15. The van der Waals surface area contributed by atoms with Gasteiger partial charge in [0.05, 0.1) is 5.69 Å². The first-order chi connectivity index (χ1) is 7.74. The maximum absolute atomic E-state index is 5.64. The molecule has 0 fully saturated rings. The molecule has 0 amide bonds. The number of thiazole rings is 1. The van der Waals surface area contributed by atoms with Crippen molar-refractivity contribution < 1.29 is 0 Å². The van der Waals surface area contributed by atoms with Crippen LogP contribution in [0, 0.1) is 6.92 Å². The molecule has 2 N–H and O–H groups in total. The number of aromatic nitrogens is 1. The van der Waals surface area contributed by atoms with E-state index >= 15 is 0 Å². The third-order valence-electron chi connectivity index (χ3n) is 2.56. The molecule has 1 heterocycles. The predicted molar refractivity (Wildman–Crippen MR) is 69.6 cm³/mol. The number of aryl methyl sites for hydroxylation is 2. The van der Waals surface area contributed by atoms with Crippen LogP contribution in [0.5, 0.6) is 0 Å². The number of nitrogens with two attached hydrogens (primary N) is 1. The molecule has 1 aromatic heterocycles. The van der Waals surface area contributed by atoms with Gasteiger partial charge in [-0.3, -0.25) is 0 Å². The SMILES string of the molecule is CCc1sc(CN)nc1-c1ccc(C)cc1. The van der Waals surface area contributed by atoms with E-state index in [1.54, 1.807) is 11.3 Å². The van der Waals surface area contributed by atoms with Gasteiger partial charge in [0.15, 0.2) is 0 Å². The van der Waals surface area contributed by atoms with Gasteiger partial charge < -0.3 is 5.73 Å². The fourth-order valence-electron chi connectivity index (χ4n) is 1.66. The van der Waals surface area contributed by atoms with E-state index in [-0.39, 0.29) is 0 Å². The monoisotopic (exact) mass is 232 g/mol. The highest BCUT2D eigenvalue weighted by molar-refractivity contribution is 7.12. The number of hydrogen-bond acceptors (Lipinski definition) is 3. The molecule has 2 rings (SSSR count). The molecule has 2 nitrogen and oxygen atoms in total. The molecular weight excluding hydrogens is 216 g/mol. The summed E-state index contributed by atoms with van der Waals surface area (Å²) in [5.41, 5.74) is 9.21. The lowest BCUT2D eigenvalue weighted by molar-refractivity contribution is 1.04. The van der Waals surface area contributed by atoms with Gasteiger partial charge in [0, 0.05) is 17.0 Å². The molecule has 0 radical (unpaired) electrons. The van der Waals surface area contributed by atoms with Crippen molar-refractivity contribution in [2.75, 3.05) is 0 Å². The minimum Gasteiger partial charge on any atom is -0.325 e. The third-order valence-corrected chi connectivity index (χ3v) is 3.78. The lowest BCUT2D eigenvalue weighted by atomic mass is 10.1. The van der Waals surface area contributed by atoms with Crippen LogP contribution < -0.4 is 5.73 Å². The Kier molecular flexibility index (Phi) is 3.36. The van der Waals surface area contributed by atoms with Gasteiger partial charge in [-0.15, -0.1) is 11.3 Å². The van der Waals surface area contributed by atoms with Crippen molar-refractivity contribution in [3.8, 4) is 11.3 Å². The standard InChI is InChI=1S/C13H16N2S/c1-3-11-13(15-12(8-14)16-11)10-6-4-9(2)5-7-10/h4-7H,3,8,14H2,1-2H3. The second-order valence-electron chi connectivity index (χ2n) is 3.80. The zero-order chi connectivity index (χ0) is 11.5. The van der Waals surface area contributed by atoms with Crippen LogP contribution in [0.2, 0.25) is 0 Å². The Bertz CT molecular complexity index is 471. The normalized spacial score (nSPS) is 10.7. The van der Waals surface area contributed by atoms with Crippen LogP contribution in [0.4, 0.5) is 0 Å². The molecule has 0 saturated heterocycles. The van der Waals surface area contributed by atoms with Crippen molar-refractivity contribution in [1.29, 1.82) is 0 Å². The molecule has 84 valence electrons. The predicted octanol–water partition coefficient (Wildman–Crippen LogP) is 3.14. The number of hydrogen-bond donors (Lipinski definition) is 1. The summed E-state index contributed by atoms with van der Waals surface area (Å²) in [7, 11) is 0. The van der Waals surface area contributed by atoms with Gasteiger partial charge in [-0.25, -0.2) is 4.98 Å². The molecule has 0 bridgehead atoms. The van der Waals surface area contributed by atoms with Gasteiger partial charge in [-0.1, -0.05) is 36.8 Å². The van der Waals surface area contributed by atoms with Crippen LogP contribution in [0.25, 0.3) is 11.3 Å². The van der Waals surface area contributed by atoms with E-state index in [2.05, 4.69) is 43.1 Å². The van der Waals surface area contributed by atoms with E-state index in [1.807, 2.05) is 0 Å². The van der Waals surface area contributed by atoms with Crippen molar-refractivity contribution >= 4 is 11.3 Å². The fraction of sp³-hybridized carbons (Fsp3) is 0.308. The molecule has 1 aromatic carbocycles. The Balaban J connectivity index is 2.45. The van der Waals surface area contributed by atoms with Crippen molar-refractivity contribution in [2.45, 2.75) is 26.8 Å². The summed E-state index contributed by atoms with van der Waals surface area (Å²) in [6.07, 6.45) is 1.01. The molecule has 0 aliphatic rings. The molecule has 2 aromatic rings. The maximum Gasteiger partial charge on any atom is 0.107 e. The van der Waals surface area contributed by atoms with E-state index < -0.39 is 0 Å². The van der Waals surface area contributed by atoms with Crippen LogP contribution >= 0.6 is 11.3 Å². The maximum atomic E-state index is 5.64. The summed E-state index contributed by atoms with van der Waals surface area (Å²) in [6.45, 7) is 4.78. The quantitative estimate of drug-likeness (QED) is 0.883. The van der Waals surface area contributed by atoms with Gasteiger partial charge in [0.1, 0.15) is 5.01 Å². The summed E-state index contributed by atoms with van der Waals surface area (Å²) in [6, 6.07) is 8.50. The molecule has 0 aliphatic carbocycles. The minimum atomic E-state index is 0.531. The summed E-state index contributed by atoms with van der Waals surface area (Å²) in [5.74, 6) is 0. The Morgan fingerprint density at radius 3 is 2.50 bits per heavy atom. The average Bonchev–Trinajstić information content (AvgIpc) is 2.73. The second-order valence-corrected chi connectivity index (χ2v) is 4.97. The van der Waals surface area contributed by atoms with E-state index in [0.29, 0.717) is 6.54 Å². The first-order valence-electron chi connectivity index (χ1n) is 5.50. The van der Waals surface area contributed by atoms with Crippen LogP contribution in [-0.2, 0) is 13.0 Å². The van der Waals surface area contributed by atoms with Crippen LogP contribution in [-0.4, -0.2) is 4.98 Å². The zero-order valence-electron chi connectivity index (χ0n) is 9.66. The van der Waals surface area contributed by atoms with Crippen LogP contribution in [0.15, 0.2) is 24.3 Å². The molecule has 0 spiro atoms. The van der Waals surface area contributed by atoms with Crippen LogP contribution in [0.1, 0.15) is 22.4 Å². The molecule has 3 heteroatoms. The highest BCUT2D eigenvalue weighted by atomic mass is 32.1. The first kappa shape index (κ1) is 11.3. The number of rotatable bonds is 3. The lowest BCUT2D eigenvalue weighted by Crippen LogP contribution is -1.94. The van der Waals surface area contributed by atoms with E-state index in [1.165, 1.54) is 16.0 Å². The van der Waals surface area contributed by atoms with Crippen LogP contribution in [0.3, 0.4) is 0 Å². The highest BCUT2D eigenvalue weighted by Gasteiger charge is 2.10. The molecule has 0 atom stereocenters. The molecule has 16 heavy (non-hydrogen) atoms. The molecule has 0 saturated carbocycles. The zero-order valence-corrected chi connectivity index (χ0v) is 10.5. The lowest BCUT2D eigenvalue weighted by Gasteiger charge is -2.00. The number of benzene rings is 1.